The van der Waals surface area contributed by atoms with E-state index in [4.69, 9.17) is 5.73 Å². The van der Waals surface area contributed by atoms with Gasteiger partial charge in [0.25, 0.3) is 0 Å². The molecule has 12 heavy (non-hydrogen) atoms. The van der Waals surface area contributed by atoms with Gasteiger partial charge in [-0.05, 0) is 19.8 Å². The molecule has 0 aromatic carbocycles. The highest BCUT2D eigenvalue weighted by Gasteiger charge is 2.19. The molecule has 2 amide bonds. The second kappa shape index (κ2) is 4.30. The van der Waals surface area contributed by atoms with Crippen LogP contribution in [0.5, 0.6) is 0 Å². The van der Waals surface area contributed by atoms with Crippen molar-refractivity contribution in [1.82, 2.24) is 10.2 Å². The van der Waals surface area contributed by atoms with E-state index in [1.807, 2.05) is 6.92 Å². The Morgan fingerprint density at radius 1 is 1.75 bits per heavy atom. The molecule has 1 atom stereocenters. The number of nitrogens with zero attached hydrogens (tertiary/aromatic N) is 1. The lowest BCUT2D eigenvalue weighted by molar-refractivity contribution is 0.180. The number of hydrogen-bond donors (Lipinski definition) is 2. The highest BCUT2D eigenvalue weighted by atomic mass is 16.2. The minimum absolute atomic E-state index is 0.0210. The predicted molar refractivity (Wildman–Crippen MR) is 47.9 cm³/mol. The molecule has 1 heterocycles. The molecule has 0 spiro atoms. The summed E-state index contributed by atoms with van der Waals surface area (Å²) in [4.78, 5) is 13.1. The fraction of sp³-hybridized carbons (Fsp3) is 0.875. The Balaban J connectivity index is 2.35. The van der Waals surface area contributed by atoms with Gasteiger partial charge in [-0.25, -0.2) is 4.79 Å². The summed E-state index contributed by atoms with van der Waals surface area (Å²) in [5.74, 6) is 0. The van der Waals surface area contributed by atoms with E-state index in [1.54, 1.807) is 4.90 Å². The lowest BCUT2D eigenvalue weighted by atomic mass is 10.1. The van der Waals surface area contributed by atoms with E-state index in [2.05, 4.69) is 5.32 Å². The molecule has 1 aliphatic rings. The molecule has 3 N–H and O–H groups in total. The smallest absolute Gasteiger partial charge is 0.317 e. The van der Waals surface area contributed by atoms with Crippen LogP contribution in [0, 0.1) is 0 Å². The normalized spacial score (nSPS) is 23.8. The maximum absolute atomic E-state index is 11.3. The van der Waals surface area contributed by atoms with Crippen LogP contribution in [0.4, 0.5) is 4.79 Å². The first kappa shape index (κ1) is 9.32. The van der Waals surface area contributed by atoms with Gasteiger partial charge in [0.05, 0.1) is 0 Å². The van der Waals surface area contributed by atoms with Crippen LogP contribution in [0.15, 0.2) is 0 Å². The van der Waals surface area contributed by atoms with Crippen LogP contribution in [0.1, 0.15) is 19.8 Å². The molecule has 70 valence electrons. The highest BCUT2D eigenvalue weighted by molar-refractivity contribution is 5.74. The molecule has 4 nitrogen and oxygen atoms in total. The number of nitrogens with one attached hydrogen (secondary N) is 1. The highest BCUT2D eigenvalue weighted by Crippen LogP contribution is 2.07. The molecule has 1 rings (SSSR count). The Morgan fingerprint density at radius 3 is 3.08 bits per heavy atom. The van der Waals surface area contributed by atoms with Gasteiger partial charge < -0.3 is 16.0 Å². The van der Waals surface area contributed by atoms with Crippen molar-refractivity contribution in [3.8, 4) is 0 Å². The number of rotatable bonds is 1. The van der Waals surface area contributed by atoms with Gasteiger partial charge in [0.1, 0.15) is 0 Å². The first-order valence-corrected chi connectivity index (χ1v) is 4.52. The Bertz CT molecular complexity index is 160. The quantitative estimate of drug-likeness (QED) is 0.589. The number of hydrogen-bond acceptors (Lipinski definition) is 2. The van der Waals surface area contributed by atoms with Gasteiger partial charge >= 0.3 is 6.03 Å². The largest absolute Gasteiger partial charge is 0.338 e. The summed E-state index contributed by atoms with van der Waals surface area (Å²) in [5, 5.41) is 2.77. The van der Waals surface area contributed by atoms with Crippen molar-refractivity contribution < 1.29 is 4.79 Å². The van der Waals surface area contributed by atoms with E-state index in [0.717, 1.165) is 19.4 Å². The average Bonchev–Trinajstić information content (AvgIpc) is 2.05. The zero-order valence-electron chi connectivity index (χ0n) is 7.55. The molecule has 1 saturated heterocycles. The van der Waals surface area contributed by atoms with E-state index in [-0.39, 0.29) is 12.1 Å². The molecule has 4 heteroatoms. The standard InChI is InChI=1S/C8H17N3O/c1-2-10-8(12)11-5-3-4-7(9)6-11/h7H,2-6,9H2,1H3,(H,10,12). The summed E-state index contributed by atoms with van der Waals surface area (Å²) in [7, 11) is 0. The summed E-state index contributed by atoms with van der Waals surface area (Å²) in [5.41, 5.74) is 5.74. The molecule has 1 unspecified atom stereocenters. The summed E-state index contributed by atoms with van der Waals surface area (Å²) >= 11 is 0. The Hall–Kier alpha value is -0.770. The number of urea groups is 1. The lowest BCUT2D eigenvalue weighted by Crippen LogP contribution is -2.49. The maximum Gasteiger partial charge on any atom is 0.317 e. The second-order valence-electron chi connectivity index (χ2n) is 3.18. The van der Waals surface area contributed by atoms with E-state index < -0.39 is 0 Å². The molecule has 1 aliphatic heterocycles. The van der Waals surface area contributed by atoms with Crippen molar-refractivity contribution in [2.75, 3.05) is 19.6 Å². The van der Waals surface area contributed by atoms with Crippen molar-refractivity contribution in [1.29, 1.82) is 0 Å². The van der Waals surface area contributed by atoms with Gasteiger partial charge in [-0.3, -0.25) is 0 Å². The van der Waals surface area contributed by atoms with Crippen molar-refractivity contribution in [3.05, 3.63) is 0 Å². The average molecular weight is 171 g/mol. The van der Waals surface area contributed by atoms with Gasteiger partial charge in [0.15, 0.2) is 0 Å². The molecule has 1 fully saturated rings. The molecule has 0 saturated carbocycles. The Morgan fingerprint density at radius 2 is 2.50 bits per heavy atom. The van der Waals surface area contributed by atoms with E-state index in [9.17, 15) is 4.79 Å². The topological polar surface area (TPSA) is 58.4 Å². The van der Waals surface area contributed by atoms with Crippen LogP contribution in [0.25, 0.3) is 0 Å². The SMILES string of the molecule is CCNC(=O)N1CCCC(N)C1. The summed E-state index contributed by atoms with van der Waals surface area (Å²) in [6.45, 7) is 4.15. The molecule has 0 bridgehead atoms. The van der Waals surface area contributed by atoms with Gasteiger partial charge in [0, 0.05) is 25.7 Å². The summed E-state index contributed by atoms with van der Waals surface area (Å²) in [6, 6.07) is 0.189. The van der Waals surface area contributed by atoms with Crippen molar-refractivity contribution in [3.63, 3.8) is 0 Å². The van der Waals surface area contributed by atoms with Crippen LogP contribution in [0.2, 0.25) is 0 Å². The number of nitrogens with two attached hydrogens (primary N) is 1. The fourth-order valence-electron chi connectivity index (χ4n) is 1.46. The van der Waals surface area contributed by atoms with Crippen LogP contribution >= 0.6 is 0 Å². The minimum atomic E-state index is 0.0210. The minimum Gasteiger partial charge on any atom is -0.338 e. The molecular formula is C8H17N3O. The Kier molecular flexibility index (Phi) is 3.34. The van der Waals surface area contributed by atoms with Crippen LogP contribution in [0.3, 0.4) is 0 Å². The molecule has 0 aliphatic carbocycles. The third-order valence-electron chi connectivity index (χ3n) is 2.07. The monoisotopic (exact) mass is 171 g/mol. The fourth-order valence-corrected chi connectivity index (χ4v) is 1.46. The third-order valence-corrected chi connectivity index (χ3v) is 2.07. The predicted octanol–water partition coefficient (Wildman–Crippen LogP) is 0.139. The van der Waals surface area contributed by atoms with Crippen LogP contribution in [-0.4, -0.2) is 36.6 Å². The maximum atomic E-state index is 11.3. The zero-order chi connectivity index (χ0) is 8.97. The van der Waals surface area contributed by atoms with Crippen LogP contribution < -0.4 is 11.1 Å². The Labute approximate surface area is 73.1 Å². The van der Waals surface area contributed by atoms with Gasteiger partial charge in [0.2, 0.25) is 0 Å². The van der Waals surface area contributed by atoms with Gasteiger partial charge in [-0.2, -0.15) is 0 Å². The number of likely N-dealkylation sites (tertiary alicyclic amines) is 1. The second-order valence-corrected chi connectivity index (χ2v) is 3.18. The third kappa shape index (κ3) is 2.37. The number of amides is 2. The first-order chi connectivity index (χ1) is 5.74. The molecule has 0 aromatic heterocycles. The van der Waals surface area contributed by atoms with E-state index in [0.29, 0.717) is 13.1 Å². The van der Waals surface area contributed by atoms with Crippen LogP contribution in [-0.2, 0) is 0 Å². The summed E-state index contributed by atoms with van der Waals surface area (Å²) < 4.78 is 0. The summed E-state index contributed by atoms with van der Waals surface area (Å²) in [6.07, 6.45) is 2.06. The van der Waals surface area contributed by atoms with Crippen molar-refractivity contribution >= 4 is 6.03 Å². The molecular weight excluding hydrogens is 154 g/mol. The lowest BCUT2D eigenvalue weighted by Gasteiger charge is -2.30. The van der Waals surface area contributed by atoms with Crippen molar-refractivity contribution in [2.45, 2.75) is 25.8 Å². The zero-order valence-corrected chi connectivity index (χ0v) is 7.55. The molecule has 0 radical (unpaired) electrons. The number of carbonyl (C=O) groups excluding carboxylic acids is 1. The van der Waals surface area contributed by atoms with Crippen molar-refractivity contribution in [2.24, 2.45) is 5.73 Å². The van der Waals surface area contributed by atoms with E-state index in [1.165, 1.54) is 0 Å². The van der Waals surface area contributed by atoms with Gasteiger partial charge in [-0.15, -0.1) is 0 Å². The number of carbonyl (C=O) groups is 1. The number of piperidine rings is 1. The van der Waals surface area contributed by atoms with E-state index >= 15 is 0 Å². The van der Waals surface area contributed by atoms with Gasteiger partial charge in [-0.1, -0.05) is 0 Å². The first-order valence-electron chi connectivity index (χ1n) is 4.52. The molecule has 0 aromatic rings.